The molecule has 4 rings (SSSR count). The van der Waals surface area contributed by atoms with Gasteiger partial charge in [0.2, 0.25) is 0 Å². The number of carbonyl (C=O) groups excluding carboxylic acids is 1. The van der Waals surface area contributed by atoms with E-state index >= 15 is 0 Å². The Hall–Kier alpha value is -3.54. The molecule has 2 heterocycles. The molecule has 27 heavy (non-hydrogen) atoms. The molecule has 0 radical (unpaired) electrons. The molecule has 0 unspecified atom stereocenters. The van der Waals surface area contributed by atoms with Gasteiger partial charge in [-0.25, -0.2) is 4.79 Å². The molecular formula is C21H17NO5. The summed E-state index contributed by atoms with van der Waals surface area (Å²) in [5.41, 5.74) is 2.47. The molecule has 0 bridgehead atoms. The molecule has 1 aromatic heterocycles. The van der Waals surface area contributed by atoms with Crippen molar-refractivity contribution in [2.75, 3.05) is 13.2 Å². The Bertz CT molecular complexity index is 962. The first-order chi connectivity index (χ1) is 13.3. The number of carbonyl (C=O) groups is 1. The molecule has 136 valence electrons. The van der Waals surface area contributed by atoms with Crippen molar-refractivity contribution in [2.45, 2.75) is 6.61 Å². The Morgan fingerprint density at radius 3 is 2.70 bits per heavy atom. The van der Waals surface area contributed by atoms with Crippen molar-refractivity contribution in [2.24, 2.45) is 0 Å². The standard InChI is InChI=1S/C21H17NO5/c23-21(9-7-15-6-8-19-20(12-15)25-11-10-24-19)26-14-17-13-18(22-27-17)16-4-2-1-3-5-16/h1-9,12-13H,10-11,14H2/b9-7+. The Morgan fingerprint density at radius 2 is 1.85 bits per heavy atom. The molecule has 6 nitrogen and oxygen atoms in total. The van der Waals surface area contributed by atoms with E-state index in [1.807, 2.05) is 48.5 Å². The third-order valence-corrected chi connectivity index (χ3v) is 3.96. The smallest absolute Gasteiger partial charge is 0.331 e. The number of hydrogen-bond acceptors (Lipinski definition) is 6. The van der Waals surface area contributed by atoms with Crippen LogP contribution in [0.2, 0.25) is 0 Å². The van der Waals surface area contributed by atoms with Crippen molar-refractivity contribution >= 4 is 12.0 Å². The van der Waals surface area contributed by atoms with E-state index in [9.17, 15) is 4.79 Å². The second kappa shape index (κ2) is 7.78. The summed E-state index contributed by atoms with van der Waals surface area (Å²) in [6.45, 7) is 1.08. The van der Waals surface area contributed by atoms with Gasteiger partial charge >= 0.3 is 5.97 Å². The van der Waals surface area contributed by atoms with Gasteiger partial charge in [-0.1, -0.05) is 41.6 Å². The van der Waals surface area contributed by atoms with Gasteiger partial charge in [0.25, 0.3) is 0 Å². The molecule has 6 heteroatoms. The van der Waals surface area contributed by atoms with Gasteiger partial charge in [-0.3, -0.25) is 0 Å². The second-order valence-corrected chi connectivity index (χ2v) is 5.89. The van der Waals surface area contributed by atoms with E-state index < -0.39 is 5.97 Å². The zero-order valence-electron chi connectivity index (χ0n) is 14.5. The SMILES string of the molecule is O=C(/C=C/c1ccc2c(c1)OCCO2)OCc1cc(-c2ccccc2)no1. The number of aromatic nitrogens is 1. The summed E-state index contributed by atoms with van der Waals surface area (Å²) < 4.78 is 21.4. The van der Waals surface area contributed by atoms with E-state index in [0.29, 0.717) is 36.2 Å². The predicted molar refractivity (Wildman–Crippen MR) is 98.2 cm³/mol. The predicted octanol–water partition coefficient (Wildman–Crippen LogP) is 3.87. The van der Waals surface area contributed by atoms with E-state index in [1.54, 1.807) is 12.1 Å². The van der Waals surface area contributed by atoms with Crippen LogP contribution in [0.15, 0.2) is 65.2 Å². The molecule has 3 aromatic rings. The largest absolute Gasteiger partial charge is 0.486 e. The van der Waals surface area contributed by atoms with Crippen LogP contribution in [0, 0.1) is 0 Å². The molecule has 0 aliphatic carbocycles. The van der Waals surface area contributed by atoms with E-state index in [1.165, 1.54) is 6.08 Å². The molecule has 0 atom stereocenters. The summed E-state index contributed by atoms with van der Waals surface area (Å²) >= 11 is 0. The van der Waals surface area contributed by atoms with Gasteiger partial charge in [0.05, 0.1) is 0 Å². The molecule has 0 amide bonds. The van der Waals surface area contributed by atoms with Gasteiger partial charge in [0, 0.05) is 17.7 Å². The van der Waals surface area contributed by atoms with E-state index in [4.69, 9.17) is 18.7 Å². The van der Waals surface area contributed by atoms with Crippen LogP contribution < -0.4 is 9.47 Å². The first kappa shape index (κ1) is 16.9. The van der Waals surface area contributed by atoms with Crippen LogP contribution in [0.25, 0.3) is 17.3 Å². The monoisotopic (exact) mass is 363 g/mol. The first-order valence-corrected chi connectivity index (χ1v) is 8.53. The van der Waals surface area contributed by atoms with Crippen LogP contribution in [-0.4, -0.2) is 24.3 Å². The highest BCUT2D eigenvalue weighted by molar-refractivity contribution is 5.87. The molecule has 1 aliphatic heterocycles. The molecule has 0 spiro atoms. The maximum Gasteiger partial charge on any atom is 0.331 e. The Kier molecular flexibility index (Phi) is 4.87. The maximum atomic E-state index is 11.9. The van der Waals surface area contributed by atoms with Gasteiger partial charge in [-0.05, 0) is 23.8 Å². The summed E-state index contributed by atoms with van der Waals surface area (Å²) in [7, 11) is 0. The van der Waals surface area contributed by atoms with Crippen LogP contribution in [0.4, 0.5) is 0 Å². The lowest BCUT2D eigenvalue weighted by atomic mass is 10.1. The average molecular weight is 363 g/mol. The van der Waals surface area contributed by atoms with Crippen molar-refractivity contribution in [3.05, 3.63) is 72.0 Å². The van der Waals surface area contributed by atoms with Crippen molar-refractivity contribution in [1.82, 2.24) is 5.16 Å². The zero-order chi connectivity index (χ0) is 18.5. The Balaban J connectivity index is 1.33. The van der Waals surface area contributed by atoms with Crippen LogP contribution >= 0.6 is 0 Å². The van der Waals surface area contributed by atoms with Crippen LogP contribution in [0.3, 0.4) is 0 Å². The minimum Gasteiger partial charge on any atom is -0.486 e. The van der Waals surface area contributed by atoms with Crippen LogP contribution in [-0.2, 0) is 16.1 Å². The van der Waals surface area contributed by atoms with Gasteiger partial charge in [0.1, 0.15) is 18.9 Å². The van der Waals surface area contributed by atoms with E-state index in [-0.39, 0.29) is 6.61 Å². The minimum atomic E-state index is -0.470. The lowest BCUT2D eigenvalue weighted by Crippen LogP contribution is -2.15. The number of rotatable bonds is 5. The average Bonchev–Trinajstić information content (AvgIpc) is 3.20. The van der Waals surface area contributed by atoms with E-state index in [2.05, 4.69) is 5.16 Å². The van der Waals surface area contributed by atoms with Crippen molar-refractivity contribution < 1.29 is 23.5 Å². The molecule has 0 fully saturated rings. The molecule has 0 saturated heterocycles. The van der Waals surface area contributed by atoms with Gasteiger partial charge in [-0.15, -0.1) is 0 Å². The highest BCUT2D eigenvalue weighted by atomic mass is 16.6. The Labute approximate surface area is 156 Å². The number of benzene rings is 2. The number of nitrogens with zero attached hydrogens (tertiary/aromatic N) is 1. The molecule has 0 saturated carbocycles. The molecular weight excluding hydrogens is 346 g/mol. The maximum absolute atomic E-state index is 11.9. The molecule has 0 N–H and O–H groups in total. The third kappa shape index (κ3) is 4.17. The van der Waals surface area contributed by atoms with Crippen molar-refractivity contribution in [3.8, 4) is 22.8 Å². The van der Waals surface area contributed by atoms with Gasteiger partial charge < -0.3 is 18.7 Å². The summed E-state index contributed by atoms with van der Waals surface area (Å²) in [5, 5.41) is 3.99. The second-order valence-electron chi connectivity index (χ2n) is 5.89. The van der Waals surface area contributed by atoms with Gasteiger partial charge in [-0.2, -0.15) is 0 Å². The summed E-state index contributed by atoms with van der Waals surface area (Å²) in [6, 6.07) is 16.9. The molecule has 1 aliphatic rings. The lowest BCUT2D eigenvalue weighted by molar-refractivity contribution is -0.139. The van der Waals surface area contributed by atoms with Crippen LogP contribution in [0.1, 0.15) is 11.3 Å². The quantitative estimate of drug-likeness (QED) is 0.506. The topological polar surface area (TPSA) is 70.8 Å². The highest BCUT2D eigenvalue weighted by Gasteiger charge is 2.11. The number of esters is 1. The number of hydrogen-bond donors (Lipinski definition) is 0. The fraction of sp³-hybridized carbons (Fsp3) is 0.143. The highest BCUT2D eigenvalue weighted by Crippen LogP contribution is 2.31. The van der Waals surface area contributed by atoms with E-state index in [0.717, 1.165) is 11.1 Å². The summed E-state index contributed by atoms with van der Waals surface area (Å²) in [6.07, 6.45) is 3.02. The normalized spacial score (nSPS) is 12.9. The zero-order valence-corrected chi connectivity index (χ0v) is 14.5. The minimum absolute atomic E-state index is 0.0180. The van der Waals surface area contributed by atoms with Crippen molar-refractivity contribution in [1.29, 1.82) is 0 Å². The molecule has 2 aromatic carbocycles. The number of fused-ring (bicyclic) bond motifs is 1. The summed E-state index contributed by atoms with van der Waals surface area (Å²) in [5.74, 6) is 1.39. The fourth-order valence-corrected chi connectivity index (χ4v) is 2.64. The van der Waals surface area contributed by atoms with Crippen molar-refractivity contribution in [3.63, 3.8) is 0 Å². The fourth-order valence-electron chi connectivity index (χ4n) is 2.64. The third-order valence-electron chi connectivity index (χ3n) is 3.96. The number of ether oxygens (including phenoxy) is 3. The first-order valence-electron chi connectivity index (χ1n) is 8.53. The summed E-state index contributed by atoms with van der Waals surface area (Å²) in [4.78, 5) is 11.9. The Morgan fingerprint density at radius 1 is 1.04 bits per heavy atom. The van der Waals surface area contributed by atoms with Crippen LogP contribution in [0.5, 0.6) is 11.5 Å². The lowest BCUT2D eigenvalue weighted by Gasteiger charge is -2.18. The van der Waals surface area contributed by atoms with Gasteiger partial charge in [0.15, 0.2) is 23.9 Å².